The van der Waals surface area contributed by atoms with Crippen molar-refractivity contribution in [3.05, 3.63) is 110 Å². The number of nitrogens with zero attached hydrogens (tertiary/aromatic N) is 3. The molecular formula is C24H17ClN4O3S. The smallest absolute Gasteiger partial charge is 0.335 e. The van der Waals surface area contributed by atoms with E-state index >= 15 is 0 Å². The van der Waals surface area contributed by atoms with Crippen LogP contribution in [0.25, 0.3) is 5.69 Å². The van der Waals surface area contributed by atoms with Gasteiger partial charge in [0.15, 0.2) is 0 Å². The van der Waals surface area contributed by atoms with Gasteiger partial charge in [0.05, 0.1) is 17.1 Å². The molecule has 2 aromatic heterocycles. The highest BCUT2D eigenvalue weighted by molar-refractivity contribution is 7.99. The average Bonchev–Trinajstić information content (AvgIpc) is 2.99. The number of H-pyrrole nitrogens is 1. The zero-order valence-corrected chi connectivity index (χ0v) is 18.7. The van der Waals surface area contributed by atoms with Gasteiger partial charge in [0.1, 0.15) is 5.56 Å². The number of aromatic amines is 1. The van der Waals surface area contributed by atoms with Gasteiger partial charge in [-0.15, -0.1) is 11.8 Å². The van der Waals surface area contributed by atoms with E-state index in [1.165, 1.54) is 6.07 Å². The number of halogens is 1. The second-order valence-electron chi connectivity index (χ2n) is 7.40. The second kappa shape index (κ2) is 8.73. The van der Waals surface area contributed by atoms with E-state index in [0.717, 1.165) is 15.0 Å². The molecule has 4 aromatic rings. The number of para-hydroxylation sites is 1. The molecule has 2 aromatic carbocycles. The van der Waals surface area contributed by atoms with E-state index in [2.05, 4.69) is 9.97 Å². The maximum atomic E-state index is 12.9. The van der Waals surface area contributed by atoms with Gasteiger partial charge in [-0.25, -0.2) is 9.36 Å². The molecule has 9 heteroatoms. The normalized spacial score (nSPS) is 15.4. The lowest BCUT2D eigenvalue weighted by Crippen LogP contribution is -2.33. The minimum absolute atomic E-state index is 0.0548. The Balaban J connectivity index is 1.72. The molecule has 1 aliphatic rings. The second-order valence-corrected chi connectivity index (χ2v) is 9.08. The van der Waals surface area contributed by atoms with Crippen LogP contribution in [-0.4, -0.2) is 25.4 Å². The van der Waals surface area contributed by atoms with Crippen molar-refractivity contribution in [3.63, 3.8) is 0 Å². The van der Waals surface area contributed by atoms with Gasteiger partial charge in [-0.2, -0.15) is 0 Å². The molecule has 1 atom stereocenters. The monoisotopic (exact) mass is 476 g/mol. The van der Waals surface area contributed by atoms with Gasteiger partial charge in [0.25, 0.3) is 5.56 Å². The highest BCUT2D eigenvalue weighted by atomic mass is 35.5. The molecule has 0 aliphatic carbocycles. The van der Waals surface area contributed by atoms with Crippen LogP contribution in [0.1, 0.15) is 22.8 Å². The van der Waals surface area contributed by atoms with Crippen LogP contribution in [0.4, 0.5) is 5.69 Å². The van der Waals surface area contributed by atoms with E-state index in [-0.39, 0.29) is 10.8 Å². The molecule has 0 bridgehead atoms. The Kier molecular flexibility index (Phi) is 5.62. The number of pyridine rings is 1. The summed E-state index contributed by atoms with van der Waals surface area (Å²) in [4.78, 5) is 37.8. The number of nitrogens with one attached hydrogen (secondary N) is 1. The molecule has 2 N–H and O–H groups in total. The summed E-state index contributed by atoms with van der Waals surface area (Å²) in [5.74, 6) is -0.487. The molecule has 0 amide bonds. The fourth-order valence-corrected chi connectivity index (χ4v) is 5.16. The summed E-state index contributed by atoms with van der Waals surface area (Å²) in [6.45, 7) is 0. The fourth-order valence-electron chi connectivity index (χ4n) is 3.76. The molecule has 0 fully saturated rings. The Hall–Kier alpha value is -3.62. The summed E-state index contributed by atoms with van der Waals surface area (Å²) >= 11 is 7.69. The third kappa shape index (κ3) is 4.10. The van der Waals surface area contributed by atoms with E-state index in [1.807, 2.05) is 36.4 Å². The lowest BCUT2D eigenvalue weighted by Gasteiger charge is -2.17. The number of aromatic hydroxyl groups is 1. The summed E-state index contributed by atoms with van der Waals surface area (Å²) in [5.41, 5.74) is 0.821. The van der Waals surface area contributed by atoms with E-state index in [4.69, 9.17) is 16.6 Å². The first-order valence-electron chi connectivity index (χ1n) is 10.1. The first kappa shape index (κ1) is 21.2. The predicted molar refractivity (Wildman–Crippen MR) is 129 cm³/mol. The molecule has 33 heavy (non-hydrogen) atoms. The Labute approximate surface area is 197 Å². The fraction of sp³-hybridized carbons (Fsp3) is 0.0833. The van der Waals surface area contributed by atoms with E-state index in [1.54, 1.807) is 42.4 Å². The highest BCUT2D eigenvalue weighted by Crippen LogP contribution is 2.45. The zero-order chi connectivity index (χ0) is 22.9. The minimum Gasteiger partial charge on any atom is -0.493 e. The predicted octanol–water partition coefficient (Wildman–Crippen LogP) is 4.64. The Bertz CT molecular complexity index is 1500. The van der Waals surface area contributed by atoms with Crippen molar-refractivity contribution in [1.29, 1.82) is 0 Å². The lowest BCUT2D eigenvalue weighted by molar-refractivity contribution is 0.429. The van der Waals surface area contributed by atoms with Crippen molar-refractivity contribution in [2.45, 2.75) is 16.6 Å². The standard InChI is InChI=1S/C24H17ClN4O3S/c25-15-6-3-7-16(11-15)29-23(31)21(22(30)28-24(29)32)18-12-20(14-5-4-10-26-13-14)33-19-9-2-1-8-17(19)27-18/h1-11,13,20,31H,12H2,(H,28,30,32)/t20-/m1/s1. The number of rotatable bonds is 3. The molecule has 164 valence electrons. The third-order valence-electron chi connectivity index (χ3n) is 5.27. The molecule has 0 saturated carbocycles. The summed E-state index contributed by atoms with van der Waals surface area (Å²) in [7, 11) is 0. The molecule has 3 heterocycles. The summed E-state index contributed by atoms with van der Waals surface area (Å²) < 4.78 is 1.02. The number of hydrogen-bond donors (Lipinski definition) is 2. The molecule has 1 aliphatic heterocycles. The van der Waals surface area contributed by atoms with Crippen molar-refractivity contribution in [1.82, 2.24) is 14.5 Å². The number of hydrogen-bond acceptors (Lipinski definition) is 6. The topological polar surface area (TPSA) is 100 Å². The van der Waals surface area contributed by atoms with Gasteiger partial charge in [-0.1, -0.05) is 35.9 Å². The van der Waals surface area contributed by atoms with E-state index in [9.17, 15) is 14.7 Å². The van der Waals surface area contributed by atoms with Crippen LogP contribution in [0, 0.1) is 0 Å². The van der Waals surface area contributed by atoms with Crippen LogP contribution >= 0.6 is 23.4 Å². The van der Waals surface area contributed by atoms with Crippen LogP contribution in [-0.2, 0) is 0 Å². The number of benzene rings is 2. The van der Waals surface area contributed by atoms with Crippen molar-refractivity contribution >= 4 is 34.8 Å². The van der Waals surface area contributed by atoms with Crippen LogP contribution in [0.15, 0.2) is 92.5 Å². The van der Waals surface area contributed by atoms with Gasteiger partial charge in [0, 0.05) is 34.0 Å². The van der Waals surface area contributed by atoms with Gasteiger partial charge in [-0.05, 0) is 42.0 Å². The van der Waals surface area contributed by atoms with Crippen molar-refractivity contribution in [2.75, 3.05) is 0 Å². The van der Waals surface area contributed by atoms with Gasteiger partial charge < -0.3 is 5.11 Å². The maximum Gasteiger partial charge on any atom is 0.335 e. The van der Waals surface area contributed by atoms with Crippen molar-refractivity contribution in [3.8, 4) is 11.6 Å². The van der Waals surface area contributed by atoms with Crippen LogP contribution < -0.4 is 11.2 Å². The largest absolute Gasteiger partial charge is 0.493 e. The number of thioether (sulfide) groups is 1. The zero-order valence-electron chi connectivity index (χ0n) is 17.1. The number of aromatic nitrogens is 3. The Morgan fingerprint density at radius 2 is 1.94 bits per heavy atom. The van der Waals surface area contributed by atoms with E-state index in [0.29, 0.717) is 28.5 Å². The van der Waals surface area contributed by atoms with Crippen molar-refractivity contribution < 1.29 is 5.11 Å². The van der Waals surface area contributed by atoms with Gasteiger partial charge in [0.2, 0.25) is 5.88 Å². The summed E-state index contributed by atoms with van der Waals surface area (Å²) in [6.07, 6.45) is 3.82. The first-order valence-corrected chi connectivity index (χ1v) is 11.3. The Morgan fingerprint density at radius 1 is 1.09 bits per heavy atom. The lowest BCUT2D eigenvalue weighted by atomic mass is 10.0. The maximum absolute atomic E-state index is 12.9. The van der Waals surface area contributed by atoms with Gasteiger partial charge in [-0.3, -0.25) is 19.8 Å². The highest BCUT2D eigenvalue weighted by Gasteiger charge is 2.27. The minimum atomic E-state index is -0.767. The summed E-state index contributed by atoms with van der Waals surface area (Å²) in [6, 6.07) is 17.9. The molecule has 0 radical (unpaired) electrons. The number of aliphatic imine (C=N–C) groups is 1. The van der Waals surface area contributed by atoms with Crippen LogP contribution in [0.2, 0.25) is 5.02 Å². The Morgan fingerprint density at radius 3 is 2.73 bits per heavy atom. The molecule has 0 spiro atoms. The quantitative estimate of drug-likeness (QED) is 0.448. The first-order chi connectivity index (χ1) is 16.0. The summed E-state index contributed by atoms with van der Waals surface area (Å²) in [5, 5.41) is 11.4. The molecule has 5 rings (SSSR count). The van der Waals surface area contributed by atoms with Crippen LogP contribution in [0.5, 0.6) is 5.88 Å². The average molecular weight is 477 g/mol. The SMILES string of the molecule is O=c1[nH]c(=O)n(-c2cccc(Cl)c2)c(O)c1C1=Nc2ccccc2S[C@@H](c2cccnc2)C1. The van der Waals surface area contributed by atoms with E-state index < -0.39 is 17.1 Å². The van der Waals surface area contributed by atoms with Gasteiger partial charge >= 0.3 is 5.69 Å². The molecule has 0 saturated heterocycles. The molecule has 0 unspecified atom stereocenters. The third-order valence-corrected chi connectivity index (χ3v) is 6.82. The van der Waals surface area contributed by atoms with Crippen LogP contribution in [0.3, 0.4) is 0 Å². The van der Waals surface area contributed by atoms with Crippen molar-refractivity contribution in [2.24, 2.45) is 4.99 Å². The number of fused-ring (bicyclic) bond motifs is 1. The molecular weight excluding hydrogens is 460 g/mol. The molecule has 7 nitrogen and oxygen atoms in total.